The van der Waals surface area contributed by atoms with Gasteiger partial charge in [-0.15, -0.1) is 0 Å². The maximum Gasteiger partial charge on any atom is 0.0784 e. The van der Waals surface area contributed by atoms with Crippen LogP contribution in [0.25, 0.3) is 11.1 Å². The molecule has 6 heteroatoms. The molecule has 0 saturated heterocycles. The molecule has 0 amide bonds. The van der Waals surface area contributed by atoms with E-state index >= 15 is 0 Å². The van der Waals surface area contributed by atoms with Crippen molar-refractivity contribution in [3.05, 3.63) is 54.4 Å². The van der Waals surface area contributed by atoms with Crippen LogP contribution in [0.2, 0.25) is 30.1 Å². The lowest BCUT2D eigenvalue weighted by molar-refractivity contribution is 1.60. The van der Waals surface area contributed by atoms with Crippen molar-refractivity contribution in [2.75, 3.05) is 0 Å². The molecule has 0 aromatic heterocycles. The van der Waals surface area contributed by atoms with Crippen molar-refractivity contribution in [3.63, 3.8) is 0 Å². The van der Waals surface area contributed by atoms with Gasteiger partial charge in [0.25, 0.3) is 0 Å². The summed E-state index contributed by atoms with van der Waals surface area (Å²) in [5, 5.41) is 1.78. The Morgan fingerprint density at radius 1 is 0.722 bits per heavy atom. The fourth-order valence-corrected chi connectivity index (χ4v) is 2.78. The van der Waals surface area contributed by atoms with Crippen LogP contribution >= 0.6 is 69.6 Å². The van der Waals surface area contributed by atoms with E-state index in [0.29, 0.717) is 21.2 Å². The first-order chi connectivity index (χ1) is 8.43. The molecule has 0 fully saturated rings. The Balaban J connectivity index is 2.78. The lowest BCUT2D eigenvalue weighted by Crippen LogP contribution is -1.86. The van der Waals surface area contributed by atoms with Gasteiger partial charge in [-0.05, 0) is 12.1 Å². The third-order valence-corrected chi connectivity index (χ3v) is 4.65. The second-order valence-corrected chi connectivity index (χ2v) is 5.69. The fraction of sp³-hybridized carbons (Fsp3) is 0. The second-order valence-electron chi connectivity index (χ2n) is 3.36. The van der Waals surface area contributed by atoms with E-state index < -0.39 is 0 Å². The van der Waals surface area contributed by atoms with Crippen molar-refractivity contribution in [2.24, 2.45) is 0 Å². The molecule has 0 atom stereocenters. The van der Waals surface area contributed by atoms with Crippen LogP contribution in [0.5, 0.6) is 0 Å². The summed E-state index contributed by atoms with van der Waals surface area (Å²) in [6, 6.07) is 7.53. The van der Waals surface area contributed by atoms with Gasteiger partial charge < -0.3 is 0 Å². The third-order valence-electron chi connectivity index (χ3n) is 2.28. The highest BCUT2D eigenvalue weighted by molar-refractivity contribution is 6.50. The molecule has 0 aliphatic rings. The van der Waals surface area contributed by atoms with Crippen molar-refractivity contribution in [1.82, 2.24) is 0 Å². The zero-order chi connectivity index (χ0) is 13.4. The van der Waals surface area contributed by atoms with Gasteiger partial charge in [-0.1, -0.05) is 75.7 Å². The summed E-state index contributed by atoms with van der Waals surface area (Å²) in [6.45, 7) is 0. The highest BCUT2D eigenvalue weighted by Crippen LogP contribution is 2.45. The van der Waals surface area contributed by atoms with Gasteiger partial charge in [0.05, 0.1) is 30.1 Å². The standard InChI is InChI=1S/C12H3Cl6/c13-6-3-4-7(14)11(17)9(6)5-1-2-8(15)12(18)10(5)16/h1-3H. The Morgan fingerprint density at radius 3 is 2.06 bits per heavy atom. The Bertz CT molecular complexity index is 620. The monoisotopic (exact) mass is 357 g/mol. The molecule has 0 saturated carbocycles. The molecule has 1 radical (unpaired) electrons. The maximum atomic E-state index is 6.14. The predicted octanol–water partition coefficient (Wildman–Crippen LogP) is 7.07. The van der Waals surface area contributed by atoms with Gasteiger partial charge in [-0.2, -0.15) is 0 Å². The van der Waals surface area contributed by atoms with Gasteiger partial charge in [0.2, 0.25) is 0 Å². The molecule has 0 spiro atoms. The summed E-state index contributed by atoms with van der Waals surface area (Å²) >= 11 is 36.1. The molecule has 0 aliphatic carbocycles. The van der Waals surface area contributed by atoms with E-state index in [-0.39, 0.29) is 20.1 Å². The van der Waals surface area contributed by atoms with Crippen LogP contribution in [0.15, 0.2) is 18.2 Å². The molecular weight excluding hydrogens is 357 g/mol. The Kier molecular flexibility index (Phi) is 4.59. The number of benzene rings is 2. The van der Waals surface area contributed by atoms with E-state index in [1.54, 1.807) is 12.1 Å². The van der Waals surface area contributed by atoms with E-state index in [4.69, 9.17) is 69.6 Å². The van der Waals surface area contributed by atoms with Crippen molar-refractivity contribution < 1.29 is 0 Å². The molecular formula is C12H3Cl6. The van der Waals surface area contributed by atoms with E-state index in [1.165, 1.54) is 6.07 Å². The normalized spacial score (nSPS) is 10.8. The molecule has 2 rings (SSSR count). The van der Waals surface area contributed by atoms with Gasteiger partial charge in [0.1, 0.15) is 0 Å². The summed E-state index contributed by atoms with van der Waals surface area (Å²) in [5.41, 5.74) is 1.07. The van der Waals surface area contributed by atoms with Gasteiger partial charge in [-0.25, -0.2) is 0 Å². The smallest absolute Gasteiger partial charge is 0.0784 e. The van der Waals surface area contributed by atoms with E-state index in [1.807, 2.05) is 0 Å². The first-order valence-electron chi connectivity index (χ1n) is 4.62. The summed E-state index contributed by atoms with van der Waals surface area (Å²) in [5.74, 6) is 0. The van der Waals surface area contributed by atoms with Crippen molar-refractivity contribution >= 4 is 69.6 Å². The zero-order valence-electron chi connectivity index (χ0n) is 8.50. The molecule has 0 unspecified atom stereocenters. The summed E-state index contributed by atoms with van der Waals surface area (Å²) in [4.78, 5) is 0. The average molecular weight is 360 g/mol. The summed E-state index contributed by atoms with van der Waals surface area (Å²) in [7, 11) is 0. The van der Waals surface area contributed by atoms with Crippen LogP contribution in [0.3, 0.4) is 0 Å². The highest BCUT2D eigenvalue weighted by Gasteiger charge is 2.17. The predicted molar refractivity (Wildman–Crippen MR) is 80.8 cm³/mol. The SMILES string of the molecule is Clc1[c]cc(Cl)c(-c2ccc(Cl)c(Cl)c2Cl)c1Cl. The van der Waals surface area contributed by atoms with Gasteiger partial charge in [0.15, 0.2) is 0 Å². The lowest BCUT2D eigenvalue weighted by atomic mass is 10.1. The van der Waals surface area contributed by atoms with Gasteiger partial charge >= 0.3 is 0 Å². The quantitative estimate of drug-likeness (QED) is 0.377. The van der Waals surface area contributed by atoms with Gasteiger partial charge in [0, 0.05) is 17.2 Å². The highest BCUT2D eigenvalue weighted by atomic mass is 35.5. The van der Waals surface area contributed by atoms with Crippen molar-refractivity contribution in [3.8, 4) is 11.1 Å². The van der Waals surface area contributed by atoms with Crippen LogP contribution in [0.1, 0.15) is 0 Å². The summed E-state index contributed by atoms with van der Waals surface area (Å²) in [6.07, 6.45) is 0. The molecule has 93 valence electrons. The number of halogens is 6. The Labute approximate surface area is 134 Å². The molecule has 0 N–H and O–H groups in total. The topological polar surface area (TPSA) is 0 Å². The maximum absolute atomic E-state index is 6.14. The Morgan fingerprint density at radius 2 is 1.39 bits per heavy atom. The molecule has 0 bridgehead atoms. The van der Waals surface area contributed by atoms with E-state index in [2.05, 4.69) is 6.07 Å². The fourth-order valence-electron chi connectivity index (χ4n) is 1.44. The average Bonchev–Trinajstić information content (AvgIpc) is 2.34. The molecule has 0 aliphatic heterocycles. The van der Waals surface area contributed by atoms with Crippen molar-refractivity contribution in [2.45, 2.75) is 0 Å². The van der Waals surface area contributed by atoms with E-state index in [9.17, 15) is 0 Å². The zero-order valence-corrected chi connectivity index (χ0v) is 13.0. The largest absolute Gasteiger partial charge is 0.0836 e. The van der Waals surface area contributed by atoms with E-state index in [0.717, 1.165) is 0 Å². The molecule has 0 heterocycles. The Hall–Kier alpha value is 0.180. The molecule has 18 heavy (non-hydrogen) atoms. The minimum Gasteiger partial charge on any atom is -0.0836 e. The lowest BCUT2D eigenvalue weighted by Gasteiger charge is -2.11. The first kappa shape index (κ1) is 14.6. The second kappa shape index (κ2) is 5.66. The summed E-state index contributed by atoms with van der Waals surface area (Å²) < 4.78 is 0. The van der Waals surface area contributed by atoms with Gasteiger partial charge in [-0.3, -0.25) is 0 Å². The van der Waals surface area contributed by atoms with Crippen LogP contribution in [0, 0.1) is 6.07 Å². The minimum absolute atomic E-state index is 0.243. The first-order valence-corrected chi connectivity index (χ1v) is 6.89. The minimum atomic E-state index is 0.243. The van der Waals surface area contributed by atoms with Crippen molar-refractivity contribution in [1.29, 1.82) is 0 Å². The molecule has 2 aromatic carbocycles. The molecule has 0 nitrogen and oxygen atoms in total. The number of rotatable bonds is 1. The van der Waals surface area contributed by atoms with Crippen LogP contribution in [-0.4, -0.2) is 0 Å². The molecule has 2 aromatic rings. The van der Waals surface area contributed by atoms with Crippen LogP contribution in [0.4, 0.5) is 0 Å². The third kappa shape index (κ3) is 2.56. The number of hydrogen-bond donors (Lipinski definition) is 0. The van der Waals surface area contributed by atoms with Crippen LogP contribution < -0.4 is 0 Å². The van der Waals surface area contributed by atoms with Crippen LogP contribution in [-0.2, 0) is 0 Å². The number of hydrogen-bond acceptors (Lipinski definition) is 0.